The number of aromatic nitrogens is 1. The summed E-state index contributed by atoms with van der Waals surface area (Å²) in [5.41, 5.74) is 2.89. The molecule has 1 aromatic carbocycles. The minimum absolute atomic E-state index is 0.258. The van der Waals surface area contributed by atoms with Crippen LogP contribution in [0.2, 0.25) is 0 Å². The number of amides is 1. The average Bonchev–Trinajstić information content (AvgIpc) is 3.03. The van der Waals surface area contributed by atoms with Crippen LogP contribution >= 0.6 is 0 Å². The predicted molar refractivity (Wildman–Crippen MR) is 76.3 cm³/mol. The number of furan rings is 1. The van der Waals surface area contributed by atoms with E-state index in [0.29, 0.717) is 5.76 Å². The highest BCUT2D eigenvalue weighted by molar-refractivity contribution is 6.02. The second kappa shape index (κ2) is 5.40. The minimum atomic E-state index is -0.258. The molecule has 4 nitrogen and oxygen atoms in total. The summed E-state index contributed by atoms with van der Waals surface area (Å²) in [6.07, 6.45) is 4.98. The van der Waals surface area contributed by atoms with Crippen molar-refractivity contribution in [2.24, 2.45) is 0 Å². The largest absolute Gasteiger partial charge is 0.459 e. The summed E-state index contributed by atoms with van der Waals surface area (Å²) >= 11 is 0. The molecule has 3 aromatic rings. The van der Waals surface area contributed by atoms with Gasteiger partial charge >= 0.3 is 0 Å². The summed E-state index contributed by atoms with van der Waals surface area (Å²) in [7, 11) is 0. The molecule has 0 aliphatic carbocycles. The van der Waals surface area contributed by atoms with Crippen LogP contribution in [0.15, 0.2) is 71.6 Å². The van der Waals surface area contributed by atoms with Crippen LogP contribution in [0.1, 0.15) is 10.6 Å². The van der Waals surface area contributed by atoms with Crippen molar-refractivity contribution in [3.63, 3.8) is 0 Å². The van der Waals surface area contributed by atoms with Crippen molar-refractivity contribution in [1.29, 1.82) is 0 Å². The Morgan fingerprint density at radius 2 is 1.65 bits per heavy atom. The lowest BCUT2D eigenvalue weighted by molar-refractivity contribution is 0.0996. The second-order valence-electron chi connectivity index (χ2n) is 4.24. The lowest BCUT2D eigenvalue weighted by Crippen LogP contribution is -2.10. The zero-order valence-corrected chi connectivity index (χ0v) is 10.6. The first-order valence-electron chi connectivity index (χ1n) is 6.18. The maximum Gasteiger partial charge on any atom is 0.291 e. The number of anilines is 1. The molecule has 0 saturated heterocycles. The highest BCUT2D eigenvalue weighted by atomic mass is 16.3. The summed E-state index contributed by atoms with van der Waals surface area (Å²) in [5, 5.41) is 2.78. The molecule has 2 heterocycles. The molecule has 3 rings (SSSR count). The Morgan fingerprint density at radius 3 is 2.30 bits per heavy atom. The molecule has 1 amide bonds. The van der Waals surface area contributed by atoms with Gasteiger partial charge in [-0.15, -0.1) is 0 Å². The summed E-state index contributed by atoms with van der Waals surface area (Å²) in [6, 6.07) is 14.8. The predicted octanol–water partition coefficient (Wildman–Crippen LogP) is 3.59. The standard InChI is InChI=1S/C16H12N2O2/c19-16(15-2-1-11-20-15)18-14-5-3-12(4-6-14)13-7-9-17-10-8-13/h1-11H,(H,18,19). The van der Waals surface area contributed by atoms with E-state index in [1.54, 1.807) is 24.5 Å². The van der Waals surface area contributed by atoms with Crippen molar-refractivity contribution in [2.75, 3.05) is 5.32 Å². The number of rotatable bonds is 3. The molecule has 0 atom stereocenters. The van der Waals surface area contributed by atoms with E-state index in [4.69, 9.17) is 4.42 Å². The summed E-state index contributed by atoms with van der Waals surface area (Å²) < 4.78 is 5.04. The van der Waals surface area contributed by atoms with Crippen LogP contribution in [-0.2, 0) is 0 Å². The minimum Gasteiger partial charge on any atom is -0.459 e. The van der Waals surface area contributed by atoms with Gasteiger partial charge in [0, 0.05) is 18.1 Å². The third-order valence-corrected chi connectivity index (χ3v) is 2.90. The van der Waals surface area contributed by atoms with E-state index in [9.17, 15) is 4.79 Å². The monoisotopic (exact) mass is 264 g/mol. The third kappa shape index (κ3) is 2.59. The van der Waals surface area contributed by atoms with Gasteiger partial charge in [-0.3, -0.25) is 9.78 Å². The van der Waals surface area contributed by atoms with E-state index in [-0.39, 0.29) is 5.91 Å². The molecule has 0 saturated carbocycles. The molecule has 98 valence electrons. The fraction of sp³-hybridized carbons (Fsp3) is 0. The van der Waals surface area contributed by atoms with E-state index in [0.717, 1.165) is 16.8 Å². The van der Waals surface area contributed by atoms with Crippen LogP contribution in [-0.4, -0.2) is 10.9 Å². The van der Waals surface area contributed by atoms with Crippen molar-refractivity contribution in [1.82, 2.24) is 4.98 Å². The first-order valence-corrected chi connectivity index (χ1v) is 6.18. The van der Waals surface area contributed by atoms with Crippen molar-refractivity contribution in [3.8, 4) is 11.1 Å². The number of nitrogens with zero attached hydrogens (tertiary/aromatic N) is 1. The molecule has 0 bridgehead atoms. The van der Waals surface area contributed by atoms with Gasteiger partial charge in [-0.2, -0.15) is 0 Å². The summed E-state index contributed by atoms with van der Waals surface area (Å²) in [4.78, 5) is 15.8. The summed E-state index contributed by atoms with van der Waals surface area (Å²) in [5.74, 6) is 0.0369. The van der Waals surface area contributed by atoms with Crippen LogP contribution in [0.25, 0.3) is 11.1 Å². The van der Waals surface area contributed by atoms with Gasteiger partial charge in [0.2, 0.25) is 0 Å². The van der Waals surface area contributed by atoms with Crippen LogP contribution in [0, 0.1) is 0 Å². The SMILES string of the molecule is O=C(Nc1ccc(-c2ccncc2)cc1)c1ccco1. The number of benzene rings is 1. The van der Waals surface area contributed by atoms with Crippen LogP contribution in [0.4, 0.5) is 5.69 Å². The average molecular weight is 264 g/mol. The number of nitrogens with one attached hydrogen (secondary N) is 1. The van der Waals surface area contributed by atoms with Crippen molar-refractivity contribution in [2.45, 2.75) is 0 Å². The molecule has 0 radical (unpaired) electrons. The van der Waals surface area contributed by atoms with Crippen molar-refractivity contribution in [3.05, 3.63) is 72.9 Å². The Labute approximate surface area is 116 Å². The van der Waals surface area contributed by atoms with Gasteiger partial charge < -0.3 is 9.73 Å². The summed E-state index contributed by atoms with van der Waals surface area (Å²) in [6.45, 7) is 0. The number of hydrogen-bond donors (Lipinski definition) is 1. The number of pyridine rings is 1. The first kappa shape index (κ1) is 12.2. The Hall–Kier alpha value is -2.88. The number of hydrogen-bond acceptors (Lipinski definition) is 3. The van der Waals surface area contributed by atoms with E-state index < -0.39 is 0 Å². The maximum absolute atomic E-state index is 11.8. The quantitative estimate of drug-likeness (QED) is 0.786. The smallest absolute Gasteiger partial charge is 0.291 e. The lowest BCUT2D eigenvalue weighted by atomic mass is 10.1. The van der Waals surface area contributed by atoms with Gasteiger partial charge in [-0.05, 0) is 47.5 Å². The normalized spacial score (nSPS) is 10.2. The Morgan fingerprint density at radius 1 is 0.950 bits per heavy atom. The Bertz CT molecular complexity index is 689. The highest BCUT2D eigenvalue weighted by Gasteiger charge is 2.08. The second-order valence-corrected chi connectivity index (χ2v) is 4.24. The molecular formula is C16H12N2O2. The van der Waals surface area contributed by atoms with Gasteiger partial charge in [0.05, 0.1) is 6.26 Å². The highest BCUT2D eigenvalue weighted by Crippen LogP contribution is 2.20. The fourth-order valence-corrected chi connectivity index (χ4v) is 1.89. The Balaban J connectivity index is 1.75. The maximum atomic E-state index is 11.8. The van der Waals surface area contributed by atoms with Crippen LogP contribution in [0.5, 0.6) is 0 Å². The van der Waals surface area contributed by atoms with E-state index in [1.165, 1.54) is 6.26 Å². The third-order valence-electron chi connectivity index (χ3n) is 2.90. The fourth-order valence-electron chi connectivity index (χ4n) is 1.89. The zero-order chi connectivity index (χ0) is 13.8. The zero-order valence-electron chi connectivity index (χ0n) is 10.6. The molecule has 0 aliphatic rings. The molecule has 0 aliphatic heterocycles. The first-order chi connectivity index (χ1) is 9.83. The number of carbonyl (C=O) groups excluding carboxylic acids is 1. The number of carbonyl (C=O) groups is 1. The molecule has 0 spiro atoms. The van der Waals surface area contributed by atoms with Gasteiger partial charge in [0.1, 0.15) is 0 Å². The molecule has 0 fully saturated rings. The van der Waals surface area contributed by atoms with E-state index in [2.05, 4.69) is 10.3 Å². The van der Waals surface area contributed by atoms with Gasteiger partial charge in [-0.1, -0.05) is 12.1 Å². The van der Waals surface area contributed by atoms with Gasteiger partial charge in [0.15, 0.2) is 5.76 Å². The molecule has 20 heavy (non-hydrogen) atoms. The molecular weight excluding hydrogens is 252 g/mol. The van der Waals surface area contributed by atoms with E-state index in [1.807, 2.05) is 36.4 Å². The molecule has 1 N–H and O–H groups in total. The van der Waals surface area contributed by atoms with Crippen LogP contribution in [0.3, 0.4) is 0 Å². The van der Waals surface area contributed by atoms with Crippen molar-refractivity contribution >= 4 is 11.6 Å². The Kier molecular flexibility index (Phi) is 3.29. The van der Waals surface area contributed by atoms with Gasteiger partial charge in [0.25, 0.3) is 5.91 Å². The molecule has 4 heteroatoms. The molecule has 0 unspecified atom stereocenters. The van der Waals surface area contributed by atoms with Crippen LogP contribution < -0.4 is 5.32 Å². The topological polar surface area (TPSA) is 55.1 Å². The van der Waals surface area contributed by atoms with Crippen molar-refractivity contribution < 1.29 is 9.21 Å². The van der Waals surface area contributed by atoms with Gasteiger partial charge in [-0.25, -0.2) is 0 Å². The molecule has 2 aromatic heterocycles. The lowest BCUT2D eigenvalue weighted by Gasteiger charge is -2.05. The van der Waals surface area contributed by atoms with E-state index >= 15 is 0 Å².